The molecule has 0 radical (unpaired) electrons. The first-order valence-corrected chi connectivity index (χ1v) is 32.8. The van der Waals surface area contributed by atoms with E-state index in [0.29, 0.717) is 44.1 Å². The highest BCUT2D eigenvalue weighted by molar-refractivity contribution is 5.88. The Balaban J connectivity index is 0.991. The molecule has 4 aliphatic heterocycles. The lowest BCUT2D eigenvalue weighted by Gasteiger charge is -2.75. The predicted molar refractivity (Wildman–Crippen MR) is 312 cm³/mol. The zero-order valence-corrected chi connectivity index (χ0v) is 54.6. The van der Waals surface area contributed by atoms with Gasteiger partial charge in [0, 0.05) is 48.2 Å². The molecule has 4 saturated heterocycles. The summed E-state index contributed by atoms with van der Waals surface area (Å²) >= 11 is 0. The second-order valence-corrected chi connectivity index (χ2v) is 30.2. The zero-order valence-electron chi connectivity index (χ0n) is 54.6. The van der Waals surface area contributed by atoms with Crippen molar-refractivity contribution in [3.63, 3.8) is 0 Å². The number of carboxylic acids is 1. The number of hydrogen-bond acceptors (Lipinski definition) is 28. The smallest absolute Gasteiger partial charge is 0.335 e. The van der Waals surface area contributed by atoms with Crippen molar-refractivity contribution in [1.82, 2.24) is 0 Å². The molecule has 2 bridgehead atoms. The molecule has 10 rings (SSSR count). The predicted octanol–water partition coefficient (Wildman–Crippen LogP) is -1.33. The van der Waals surface area contributed by atoms with Gasteiger partial charge < -0.3 is 124 Å². The first-order valence-electron chi connectivity index (χ1n) is 32.8. The molecule has 0 aromatic carbocycles. The Bertz CT molecular complexity index is 2770. The van der Waals surface area contributed by atoms with Gasteiger partial charge in [-0.25, -0.2) is 9.59 Å². The topological polar surface area (TPSA) is 453 Å². The van der Waals surface area contributed by atoms with Gasteiger partial charge in [-0.05, 0) is 99.7 Å². The Kier molecular flexibility index (Phi) is 20.4. The van der Waals surface area contributed by atoms with E-state index in [0.717, 1.165) is 0 Å². The number of aliphatic hydroxyl groups is 13. The molecule has 14 N–H and O–H groups in total. The molecule has 6 saturated carbocycles. The molecular weight excluding hydrogens is 1230 g/mol. The Hall–Kier alpha value is -3.22. The number of carbonyl (C=O) groups excluding carboxylic acids is 3. The van der Waals surface area contributed by atoms with Gasteiger partial charge >= 0.3 is 23.9 Å². The molecule has 0 aromatic heterocycles. The fraction of sp³-hybridized carbons (Fsp3) is 0.906. The van der Waals surface area contributed by atoms with E-state index in [1.54, 1.807) is 26.8 Å². The summed E-state index contributed by atoms with van der Waals surface area (Å²) in [4.78, 5) is 54.4. The van der Waals surface area contributed by atoms with E-state index in [2.05, 4.69) is 20.8 Å². The first-order chi connectivity index (χ1) is 43.4. The summed E-state index contributed by atoms with van der Waals surface area (Å²) < 4.78 is 69.6. The third-order valence-electron chi connectivity index (χ3n) is 24.8. The molecule has 29 nitrogen and oxygen atoms in total. The fourth-order valence-electron chi connectivity index (χ4n) is 19.7. The molecule has 4 heterocycles. The highest BCUT2D eigenvalue weighted by Gasteiger charge is 2.86. The number of hydrogen-bond donors (Lipinski definition) is 14. The molecule has 10 aliphatic rings. The zero-order chi connectivity index (χ0) is 68.5. The highest BCUT2D eigenvalue weighted by atomic mass is 16.8. The largest absolute Gasteiger partial charge is 0.479 e. The molecule has 0 unspecified atom stereocenters. The van der Waals surface area contributed by atoms with Crippen LogP contribution in [0.1, 0.15) is 140 Å². The van der Waals surface area contributed by atoms with Crippen molar-refractivity contribution in [2.75, 3.05) is 13.2 Å². The molecule has 6 aliphatic carbocycles. The lowest BCUT2D eigenvalue weighted by Crippen LogP contribution is -2.77. The Morgan fingerprint density at radius 1 is 0.581 bits per heavy atom. The maximum Gasteiger partial charge on any atom is 0.335 e. The van der Waals surface area contributed by atoms with Crippen LogP contribution in [-0.4, -0.2) is 262 Å². The van der Waals surface area contributed by atoms with Crippen molar-refractivity contribution in [2.24, 2.45) is 56.2 Å². The fourth-order valence-corrected chi connectivity index (χ4v) is 19.7. The molecule has 10 fully saturated rings. The molecule has 0 amide bonds. The number of ether oxygens (including phenoxy) is 11. The van der Waals surface area contributed by atoms with Gasteiger partial charge in [0.15, 0.2) is 43.7 Å². The third-order valence-corrected chi connectivity index (χ3v) is 24.8. The van der Waals surface area contributed by atoms with Crippen LogP contribution in [0, 0.1) is 56.2 Å². The monoisotopic (exact) mass is 1330 g/mol. The van der Waals surface area contributed by atoms with E-state index in [1.165, 1.54) is 6.92 Å². The number of carboxylic acid groups (broad SMARTS) is 1. The summed E-state index contributed by atoms with van der Waals surface area (Å²) in [7, 11) is 0. The SMILES string of the molecule is C/C=C(/C)C(=O)O[C@H]1[C@H](OC(=O)CC)[C@@]23[C@@H](CC1(C)C)[C@]1(CC[C@@H]4[C@@]5(C)CC[C@H](O[C@@H]6O[C@H](C(=O)O)[C@@H](O)[C@H](O[C@@H]7O[C@H](CO)[C@H](O)[C@H](O)[C@H]7O[C@H]7O[C@@H](O)[C@@H](O)[C@@H](O)[C@H]7O)[C@H]6O[C@@H]6C[C@H](CO)[C@H](O)[C@H](O)[C@H]6O)C(C)(C)[C@@H]5CC[C@@]4(C)[C@]1(C)C[C@H]2OC(C)=O)O[C@@H]3O. The van der Waals surface area contributed by atoms with E-state index >= 15 is 0 Å². The van der Waals surface area contributed by atoms with Crippen LogP contribution in [0.25, 0.3) is 0 Å². The second-order valence-electron chi connectivity index (χ2n) is 30.2. The summed E-state index contributed by atoms with van der Waals surface area (Å²) in [5.41, 5.74) is -6.13. The number of esters is 3. The van der Waals surface area contributed by atoms with Crippen LogP contribution in [-0.2, 0) is 71.3 Å². The van der Waals surface area contributed by atoms with E-state index < -0.39 is 234 Å². The molecule has 33 atom stereocenters. The van der Waals surface area contributed by atoms with Crippen LogP contribution < -0.4 is 0 Å². The van der Waals surface area contributed by atoms with Crippen molar-refractivity contribution < 1.29 is 143 Å². The van der Waals surface area contributed by atoms with E-state index in [1.807, 2.05) is 27.7 Å². The van der Waals surface area contributed by atoms with Gasteiger partial charge in [-0.3, -0.25) is 9.59 Å². The third kappa shape index (κ3) is 11.4. The van der Waals surface area contributed by atoms with Crippen LogP contribution in [0.4, 0.5) is 0 Å². The number of fused-ring (bicyclic) bond motifs is 4. The second kappa shape index (κ2) is 26.1. The van der Waals surface area contributed by atoms with Gasteiger partial charge in [0.05, 0.1) is 30.5 Å². The summed E-state index contributed by atoms with van der Waals surface area (Å²) in [6.07, 6.45) is -39.3. The minimum atomic E-state index is -2.29. The van der Waals surface area contributed by atoms with Crippen molar-refractivity contribution in [2.45, 2.75) is 293 Å². The van der Waals surface area contributed by atoms with Crippen LogP contribution in [0.3, 0.4) is 0 Å². The van der Waals surface area contributed by atoms with Crippen molar-refractivity contribution >= 4 is 23.9 Å². The van der Waals surface area contributed by atoms with Gasteiger partial charge in [-0.1, -0.05) is 61.5 Å². The first kappa shape index (κ1) is 72.5. The van der Waals surface area contributed by atoms with Crippen molar-refractivity contribution in [3.05, 3.63) is 11.6 Å². The van der Waals surface area contributed by atoms with Crippen LogP contribution in [0.2, 0.25) is 0 Å². The van der Waals surface area contributed by atoms with Gasteiger partial charge in [-0.15, -0.1) is 0 Å². The number of carbonyl (C=O) groups is 4. The van der Waals surface area contributed by atoms with Crippen LogP contribution in [0.15, 0.2) is 11.6 Å². The lowest BCUT2D eigenvalue weighted by atomic mass is 9.30. The van der Waals surface area contributed by atoms with Gasteiger partial charge in [0.2, 0.25) is 0 Å². The van der Waals surface area contributed by atoms with Gasteiger partial charge in [0.25, 0.3) is 0 Å². The van der Waals surface area contributed by atoms with E-state index in [9.17, 15) is 90.7 Å². The number of rotatable bonds is 16. The highest BCUT2D eigenvalue weighted by Crippen LogP contribution is 2.82. The average Bonchev–Trinajstić information content (AvgIpc) is 1.50. The normalized spacial score (nSPS) is 51.6. The van der Waals surface area contributed by atoms with E-state index in [4.69, 9.17) is 52.1 Å². The molecule has 29 heteroatoms. The molecule has 93 heavy (non-hydrogen) atoms. The lowest BCUT2D eigenvalue weighted by molar-refractivity contribution is -0.404. The molecule has 530 valence electrons. The number of aliphatic carboxylic acids is 1. The molecular formula is C64H100O29. The van der Waals surface area contributed by atoms with Crippen LogP contribution in [0.5, 0.6) is 0 Å². The number of allylic oxidation sites excluding steroid dienone is 1. The van der Waals surface area contributed by atoms with Crippen molar-refractivity contribution in [3.8, 4) is 0 Å². The minimum absolute atomic E-state index is 0.0437. The summed E-state index contributed by atoms with van der Waals surface area (Å²) in [6.45, 7) is 19.1. The van der Waals surface area contributed by atoms with E-state index in [-0.39, 0.29) is 37.5 Å². The maximum absolute atomic E-state index is 13.8. The van der Waals surface area contributed by atoms with Gasteiger partial charge in [-0.2, -0.15) is 0 Å². The quantitative estimate of drug-likeness (QED) is 0.0368. The Morgan fingerprint density at radius 3 is 1.85 bits per heavy atom. The molecule has 1 spiro atoms. The summed E-state index contributed by atoms with van der Waals surface area (Å²) in [6, 6.07) is 0. The standard InChI is InChI=1S/C64H100O29/c1-12-25(3)52(80)91-49-50(87-35(68)13-2)64-32(21-58(49,5)6)63(93-57(64)82)19-15-31-60(9)17-16-33(59(7,8)30(60)14-18-61(31,10)62(63,11)22-34(64)83-26(4)67)86-56-48(84-28-20-27(23-65)36(69)39(72)37(28)70)45(44(77)46(89-56)51(78)79)88-55-47(41(74)38(71)29(24-66)85-55)90-54-43(76)40(73)42(75)53(81)92-54/h12,27-34,36-50,53-57,65-66,69-77,81-82H,13-24H2,1-11H3,(H,78,79)/b25-12-/t27-,28-,29-,30+,31-,32+,33+,34-,36+,37+,38+,39+,40-,41+,42+,43-,44+,45+,46+,47-,48-,49+,50+,53-,54+,55+,56-,57+,60+,61-,62+,63+,64-/m1/s1. The summed E-state index contributed by atoms with van der Waals surface area (Å²) in [5.74, 6) is -5.60. The van der Waals surface area contributed by atoms with Crippen molar-refractivity contribution in [1.29, 1.82) is 0 Å². The minimum Gasteiger partial charge on any atom is -0.479 e. The molecule has 0 aromatic rings. The summed E-state index contributed by atoms with van der Waals surface area (Å²) in [5, 5.41) is 155. The Labute approximate surface area is 539 Å². The average molecular weight is 1330 g/mol. The maximum atomic E-state index is 13.8. The number of aliphatic hydroxyl groups excluding tert-OH is 13. The Morgan fingerprint density at radius 2 is 1.23 bits per heavy atom. The van der Waals surface area contributed by atoms with Gasteiger partial charge in [0.1, 0.15) is 90.9 Å². The van der Waals surface area contributed by atoms with Crippen LogP contribution >= 0.6 is 0 Å².